The van der Waals surface area contributed by atoms with Crippen LogP contribution in [0.1, 0.15) is 17.5 Å². The standard InChI is InChI=1S/C13H15N3O2S/c1-8(7-19-2)14-11-9-5-3-4-6-10(9)15-12(16-11)13(17)18/h3-6,8H,7H2,1-2H3,(H,17,18)(H,14,15,16). The Labute approximate surface area is 115 Å². The zero-order chi connectivity index (χ0) is 13.8. The fraction of sp³-hybridized carbons (Fsp3) is 0.308. The SMILES string of the molecule is CSCC(C)Nc1nc(C(=O)O)nc2ccccc12. The molecule has 0 saturated carbocycles. The van der Waals surface area contributed by atoms with E-state index in [1.54, 1.807) is 17.8 Å². The van der Waals surface area contributed by atoms with Gasteiger partial charge in [-0.2, -0.15) is 11.8 Å². The molecule has 1 heterocycles. The number of hydrogen-bond donors (Lipinski definition) is 2. The highest BCUT2D eigenvalue weighted by Crippen LogP contribution is 2.21. The summed E-state index contributed by atoms with van der Waals surface area (Å²) < 4.78 is 0. The van der Waals surface area contributed by atoms with Crippen molar-refractivity contribution in [3.8, 4) is 0 Å². The van der Waals surface area contributed by atoms with Crippen molar-refractivity contribution in [3.63, 3.8) is 0 Å². The summed E-state index contributed by atoms with van der Waals surface area (Å²) in [6, 6.07) is 7.59. The molecule has 1 atom stereocenters. The number of nitrogens with zero attached hydrogens (tertiary/aromatic N) is 2. The number of hydrogen-bond acceptors (Lipinski definition) is 5. The molecular weight excluding hydrogens is 262 g/mol. The maximum absolute atomic E-state index is 11.1. The molecule has 0 aliphatic carbocycles. The minimum absolute atomic E-state index is 0.183. The van der Waals surface area contributed by atoms with Crippen LogP contribution in [0.15, 0.2) is 24.3 Å². The lowest BCUT2D eigenvalue weighted by atomic mass is 10.2. The van der Waals surface area contributed by atoms with Crippen LogP contribution in [0.3, 0.4) is 0 Å². The van der Waals surface area contributed by atoms with Crippen LogP contribution in [0, 0.1) is 0 Å². The summed E-state index contributed by atoms with van der Waals surface area (Å²) in [6.07, 6.45) is 2.03. The molecule has 0 bridgehead atoms. The van der Waals surface area contributed by atoms with E-state index >= 15 is 0 Å². The maximum Gasteiger partial charge on any atom is 0.374 e. The number of aromatic nitrogens is 2. The first kappa shape index (κ1) is 13.6. The third-order valence-electron chi connectivity index (χ3n) is 2.59. The van der Waals surface area contributed by atoms with Gasteiger partial charge in [0.1, 0.15) is 5.82 Å². The first-order valence-electron chi connectivity index (χ1n) is 5.87. The second-order valence-electron chi connectivity index (χ2n) is 4.22. The normalized spacial score (nSPS) is 12.3. The van der Waals surface area contributed by atoms with Crippen LogP contribution in [-0.4, -0.2) is 39.1 Å². The molecule has 0 saturated heterocycles. The quantitative estimate of drug-likeness (QED) is 0.874. The Bertz CT molecular complexity index is 603. The van der Waals surface area contributed by atoms with Gasteiger partial charge in [-0.3, -0.25) is 0 Å². The number of carboxylic acids is 1. The molecule has 0 radical (unpaired) electrons. The molecule has 19 heavy (non-hydrogen) atoms. The summed E-state index contributed by atoms with van der Waals surface area (Å²) in [6.45, 7) is 2.04. The summed E-state index contributed by atoms with van der Waals surface area (Å²) >= 11 is 1.72. The Morgan fingerprint density at radius 1 is 1.42 bits per heavy atom. The molecule has 0 fully saturated rings. The predicted molar refractivity (Wildman–Crippen MR) is 78.0 cm³/mol. The summed E-state index contributed by atoms with van der Waals surface area (Å²) in [7, 11) is 0. The zero-order valence-electron chi connectivity index (χ0n) is 10.8. The van der Waals surface area contributed by atoms with Gasteiger partial charge in [0.05, 0.1) is 5.52 Å². The van der Waals surface area contributed by atoms with Gasteiger partial charge in [-0.25, -0.2) is 14.8 Å². The first-order chi connectivity index (χ1) is 9.11. The fourth-order valence-corrected chi connectivity index (χ4v) is 2.39. The highest BCUT2D eigenvalue weighted by Gasteiger charge is 2.13. The smallest absolute Gasteiger partial charge is 0.374 e. The lowest BCUT2D eigenvalue weighted by Gasteiger charge is -2.15. The van der Waals surface area contributed by atoms with E-state index in [-0.39, 0.29) is 11.9 Å². The number of fused-ring (bicyclic) bond motifs is 1. The first-order valence-corrected chi connectivity index (χ1v) is 7.26. The average Bonchev–Trinajstić information content (AvgIpc) is 2.38. The second kappa shape index (κ2) is 5.88. The van der Waals surface area contributed by atoms with Crippen molar-refractivity contribution in [3.05, 3.63) is 30.1 Å². The molecule has 6 heteroatoms. The lowest BCUT2D eigenvalue weighted by molar-refractivity contribution is 0.0684. The molecule has 5 nitrogen and oxygen atoms in total. The van der Waals surface area contributed by atoms with Gasteiger partial charge in [0, 0.05) is 17.2 Å². The summed E-state index contributed by atoms with van der Waals surface area (Å²) in [5.41, 5.74) is 0.633. The molecule has 1 aromatic heterocycles. The van der Waals surface area contributed by atoms with Crippen molar-refractivity contribution in [1.82, 2.24) is 9.97 Å². The van der Waals surface area contributed by atoms with Crippen molar-refractivity contribution >= 4 is 34.5 Å². The molecule has 2 N–H and O–H groups in total. The zero-order valence-corrected chi connectivity index (χ0v) is 11.6. The number of thioether (sulfide) groups is 1. The van der Waals surface area contributed by atoms with Crippen LogP contribution in [0.2, 0.25) is 0 Å². The fourth-order valence-electron chi connectivity index (χ4n) is 1.81. The third kappa shape index (κ3) is 3.14. The largest absolute Gasteiger partial charge is 0.475 e. The van der Waals surface area contributed by atoms with Crippen LogP contribution in [0.4, 0.5) is 5.82 Å². The minimum Gasteiger partial charge on any atom is -0.475 e. The van der Waals surface area contributed by atoms with Crippen LogP contribution in [0.25, 0.3) is 10.9 Å². The van der Waals surface area contributed by atoms with Gasteiger partial charge >= 0.3 is 5.97 Å². The minimum atomic E-state index is -1.12. The maximum atomic E-state index is 11.1. The molecule has 0 aliphatic heterocycles. The topological polar surface area (TPSA) is 75.1 Å². The Balaban J connectivity index is 2.47. The molecule has 2 rings (SSSR count). The Morgan fingerprint density at radius 2 is 2.16 bits per heavy atom. The van der Waals surface area contributed by atoms with Crippen molar-refractivity contribution in [1.29, 1.82) is 0 Å². The molecule has 2 aromatic rings. The summed E-state index contributed by atoms with van der Waals surface area (Å²) in [5, 5.41) is 13.1. The number of rotatable bonds is 5. The highest BCUT2D eigenvalue weighted by molar-refractivity contribution is 7.98. The van der Waals surface area contributed by atoms with Gasteiger partial charge in [0.15, 0.2) is 0 Å². The molecule has 1 unspecified atom stereocenters. The van der Waals surface area contributed by atoms with Gasteiger partial charge in [-0.15, -0.1) is 0 Å². The Hall–Kier alpha value is -1.82. The van der Waals surface area contributed by atoms with Crippen molar-refractivity contribution in [2.75, 3.05) is 17.3 Å². The van der Waals surface area contributed by atoms with E-state index in [9.17, 15) is 4.79 Å². The van der Waals surface area contributed by atoms with Gasteiger partial charge < -0.3 is 10.4 Å². The number of carboxylic acid groups (broad SMARTS) is 1. The Morgan fingerprint density at radius 3 is 2.84 bits per heavy atom. The van der Waals surface area contributed by atoms with Crippen LogP contribution >= 0.6 is 11.8 Å². The molecule has 0 aliphatic rings. The average molecular weight is 277 g/mol. The second-order valence-corrected chi connectivity index (χ2v) is 5.13. The molecule has 100 valence electrons. The molecular formula is C13H15N3O2S. The van der Waals surface area contributed by atoms with E-state index in [0.717, 1.165) is 11.1 Å². The summed E-state index contributed by atoms with van der Waals surface area (Å²) in [5.74, 6) is 0.189. The molecule has 1 aromatic carbocycles. The van der Waals surface area contributed by atoms with Crippen molar-refractivity contribution < 1.29 is 9.90 Å². The molecule has 0 amide bonds. The van der Waals surface area contributed by atoms with Crippen LogP contribution < -0.4 is 5.32 Å². The summed E-state index contributed by atoms with van der Waals surface area (Å²) in [4.78, 5) is 19.2. The number of anilines is 1. The monoisotopic (exact) mass is 277 g/mol. The van der Waals surface area contributed by atoms with E-state index in [0.29, 0.717) is 11.3 Å². The van der Waals surface area contributed by atoms with Gasteiger partial charge in [-0.1, -0.05) is 12.1 Å². The predicted octanol–water partition coefficient (Wildman–Crippen LogP) is 2.49. The van der Waals surface area contributed by atoms with E-state index in [1.165, 1.54) is 0 Å². The van der Waals surface area contributed by atoms with E-state index in [2.05, 4.69) is 15.3 Å². The number of aromatic carboxylic acids is 1. The van der Waals surface area contributed by atoms with Gasteiger partial charge in [-0.05, 0) is 25.3 Å². The third-order valence-corrected chi connectivity index (χ3v) is 3.43. The van der Waals surface area contributed by atoms with Crippen LogP contribution in [0.5, 0.6) is 0 Å². The van der Waals surface area contributed by atoms with Crippen molar-refractivity contribution in [2.45, 2.75) is 13.0 Å². The number of carbonyl (C=O) groups is 1. The molecule has 0 spiro atoms. The van der Waals surface area contributed by atoms with E-state index in [1.807, 2.05) is 31.4 Å². The lowest BCUT2D eigenvalue weighted by Crippen LogP contribution is -2.20. The highest BCUT2D eigenvalue weighted by atomic mass is 32.2. The number of para-hydroxylation sites is 1. The van der Waals surface area contributed by atoms with E-state index < -0.39 is 5.97 Å². The van der Waals surface area contributed by atoms with Crippen molar-refractivity contribution in [2.24, 2.45) is 0 Å². The van der Waals surface area contributed by atoms with Crippen LogP contribution in [-0.2, 0) is 0 Å². The van der Waals surface area contributed by atoms with E-state index in [4.69, 9.17) is 5.11 Å². The van der Waals surface area contributed by atoms with Gasteiger partial charge in [0.25, 0.3) is 0 Å². The number of benzene rings is 1. The Kier molecular flexibility index (Phi) is 4.21. The number of nitrogens with one attached hydrogen (secondary N) is 1. The van der Waals surface area contributed by atoms with Gasteiger partial charge in [0.2, 0.25) is 5.82 Å².